The van der Waals surface area contributed by atoms with Gasteiger partial charge in [0.05, 0.1) is 6.42 Å². The van der Waals surface area contributed by atoms with Crippen LogP contribution in [0, 0.1) is 0 Å². The molecule has 17 heavy (non-hydrogen) atoms. The van der Waals surface area contributed by atoms with Gasteiger partial charge in [-0.25, -0.2) is 0 Å². The highest BCUT2D eigenvalue weighted by molar-refractivity contribution is 9.10. The van der Waals surface area contributed by atoms with Crippen molar-refractivity contribution in [3.63, 3.8) is 0 Å². The number of aromatic nitrogens is 2. The molecule has 0 aliphatic carbocycles. The van der Waals surface area contributed by atoms with Crippen LogP contribution in [0.2, 0.25) is 0 Å². The number of carbonyl (C=O) groups is 1. The van der Waals surface area contributed by atoms with Gasteiger partial charge in [0.2, 0.25) is 5.89 Å². The number of halogens is 1. The molecule has 0 saturated heterocycles. The van der Waals surface area contributed by atoms with E-state index in [4.69, 9.17) is 9.63 Å². The van der Waals surface area contributed by atoms with Gasteiger partial charge in [0, 0.05) is 4.47 Å². The Bertz CT molecular complexity index is 539. The van der Waals surface area contributed by atoms with Crippen LogP contribution < -0.4 is 0 Å². The van der Waals surface area contributed by atoms with Gasteiger partial charge in [-0.15, -0.1) is 0 Å². The highest BCUT2D eigenvalue weighted by Gasteiger charge is 2.11. The summed E-state index contributed by atoms with van der Waals surface area (Å²) in [7, 11) is 0. The Morgan fingerprint density at radius 3 is 2.88 bits per heavy atom. The lowest BCUT2D eigenvalue weighted by molar-refractivity contribution is -0.136. The van der Waals surface area contributed by atoms with Crippen molar-refractivity contribution < 1.29 is 14.4 Å². The molecule has 0 fully saturated rings. The zero-order chi connectivity index (χ0) is 12.3. The van der Waals surface area contributed by atoms with Crippen molar-refractivity contribution in [1.29, 1.82) is 0 Å². The van der Waals surface area contributed by atoms with Gasteiger partial charge in [-0.05, 0) is 11.6 Å². The van der Waals surface area contributed by atoms with Gasteiger partial charge in [-0.3, -0.25) is 4.79 Å². The fraction of sp³-hybridized carbons (Fsp3) is 0.182. The first-order chi connectivity index (χ1) is 8.15. The van der Waals surface area contributed by atoms with Crippen molar-refractivity contribution in [3.05, 3.63) is 46.0 Å². The molecule has 0 atom stereocenters. The van der Waals surface area contributed by atoms with Gasteiger partial charge in [0.15, 0.2) is 5.82 Å². The lowest BCUT2D eigenvalue weighted by atomic mass is 10.1. The second kappa shape index (κ2) is 5.09. The largest absolute Gasteiger partial charge is 0.481 e. The monoisotopic (exact) mass is 296 g/mol. The van der Waals surface area contributed by atoms with E-state index in [-0.39, 0.29) is 12.2 Å². The van der Waals surface area contributed by atoms with Crippen molar-refractivity contribution in [1.82, 2.24) is 10.1 Å². The highest BCUT2D eigenvalue weighted by atomic mass is 79.9. The first-order valence-corrected chi connectivity index (χ1v) is 5.71. The van der Waals surface area contributed by atoms with Crippen LogP contribution in [0.15, 0.2) is 33.3 Å². The number of carboxylic acids is 1. The van der Waals surface area contributed by atoms with E-state index < -0.39 is 5.97 Å². The fourth-order valence-corrected chi connectivity index (χ4v) is 1.80. The molecule has 0 saturated carbocycles. The predicted octanol–water partition coefficient (Wildman–Crippen LogP) is 2.05. The summed E-state index contributed by atoms with van der Waals surface area (Å²) in [5.41, 5.74) is 1.01. The summed E-state index contributed by atoms with van der Waals surface area (Å²) in [5.74, 6) is -0.369. The van der Waals surface area contributed by atoms with Gasteiger partial charge < -0.3 is 9.63 Å². The summed E-state index contributed by atoms with van der Waals surface area (Å²) in [4.78, 5) is 14.5. The standard InChI is InChI=1S/C11H9BrN2O3/c12-8-4-2-1-3-7(8)5-10-13-9(14-17-10)6-11(15)16/h1-4H,5-6H2,(H,15,16). The Hall–Kier alpha value is -1.69. The minimum Gasteiger partial charge on any atom is -0.481 e. The van der Waals surface area contributed by atoms with Crippen LogP contribution in [0.1, 0.15) is 17.3 Å². The summed E-state index contributed by atoms with van der Waals surface area (Å²) in [6.07, 6.45) is 0.257. The molecular formula is C11H9BrN2O3. The SMILES string of the molecule is O=C(O)Cc1noc(Cc2ccccc2Br)n1. The van der Waals surface area contributed by atoms with E-state index in [1.54, 1.807) is 0 Å². The Labute approximate surface area is 106 Å². The van der Waals surface area contributed by atoms with Crippen LogP contribution in [0.5, 0.6) is 0 Å². The fourth-order valence-electron chi connectivity index (χ4n) is 1.37. The number of nitrogens with zero attached hydrogens (tertiary/aromatic N) is 2. The molecule has 0 unspecified atom stereocenters. The second-order valence-corrected chi connectivity index (χ2v) is 4.30. The molecule has 1 N–H and O–H groups in total. The minimum atomic E-state index is -0.974. The van der Waals surface area contributed by atoms with Crippen molar-refractivity contribution in [2.24, 2.45) is 0 Å². The normalized spacial score (nSPS) is 10.4. The minimum absolute atomic E-state index is 0.194. The summed E-state index contributed by atoms with van der Waals surface area (Å²) < 4.78 is 5.94. The average Bonchev–Trinajstić information content (AvgIpc) is 2.68. The Morgan fingerprint density at radius 2 is 2.18 bits per heavy atom. The van der Waals surface area contributed by atoms with Crippen molar-refractivity contribution in [2.75, 3.05) is 0 Å². The molecule has 0 radical (unpaired) electrons. The highest BCUT2D eigenvalue weighted by Crippen LogP contribution is 2.18. The average molecular weight is 297 g/mol. The first kappa shape index (κ1) is 11.8. The van der Waals surface area contributed by atoms with Gasteiger partial charge >= 0.3 is 5.97 Å². The molecule has 2 rings (SSSR count). The van der Waals surface area contributed by atoms with Gasteiger partial charge in [0.25, 0.3) is 0 Å². The molecule has 0 bridgehead atoms. The van der Waals surface area contributed by atoms with Gasteiger partial charge in [-0.1, -0.05) is 39.3 Å². The maximum atomic E-state index is 10.5. The molecular weight excluding hydrogens is 288 g/mol. The Kier molecular flexibility index (Phi) is 3.53. The quantitative estimate of drug-likeness (QED) is 0.934. The Morgan fingerprint density at radius 1 is 1.41 bits per heavy atom. The number of aliphatic carboxylic acids is 1. The number of benzene rings is 1. The van der Waals surface area contributed by atoms with E-state index in [0.29, 0.717) is 12.3 Å². The molecule has 5 nitrogen and oxygen atoms in total. The maximum absolute atomic E-state index is 10.5. The van der Waals surface area contributed by atoms with Crippen LogP contribution in [-0.2, 0) is 17.6 Å². The lowest BCUT2D eigenvalue weighted by Gasteiger charge is -1.99. The van der Waals surface area contributed by atoms with Crippen molar-refractivity contribution in [2.45, 2.75) is 12.8 Å². The molecule has 1 heterocycles. The third-order valence-electron chi connectivity index (χ3n) is 2.12. The third kappa shape index (κ3) is 3.13. The first-order valence-electron chi connectivity index (χ1n) is 4.92. The summed E-state index contributed by atoms with van der Waals surface area (Å²) in [5, 5.41) is 12.2. The van der Waals surface area contributed by atoms with Crippen molar-refractivity contribution in [3.8, 4) is 0 Å². The van der Waals surface area contributed by atoms with Crippen LogP contribution in [-0.4, -0.2) is 21.2 Å². The smallest absolute Gasteiger partial charge is 0.311 e. The predicted molar refractivity (Wildman–Crippen MR) is 62.6 cm³/mol. The van der Waals surface area contributed by atoms with Crippen LogP contribution in [0.4, 0.5) is 0 Å². The zero-order valence-electron chi connectivity index (χ0n) is 8.76. The van der Waals surface area contributed by atoms with E-state index >= 15 is 0 Å². The van der Waals surface area contributed by atoms with E-state index in [1.165, 1.54) is 0 Å². The van der Waals surface area contributed by atoms with E-state index in [9.17, 15) is 4.79 Å². The number of carboxylic acid groups (broad SMARTS) is 1. The third-order valence-corrected chi connectivity index (χ3v) is 2.89. The van der Waals surface area contributed by atoms with Crippen LogP contribution in [0.25, 0.3) is 0 Å². The zero-order valence-corrected chi connectivity index (χ0v) is 10.3. The molecule has 0 aliphatic rings. The lowest BCUT2D eigenvalue weighted by Crippen LogP contribution is -2.01. The molecule has 1 aromatic carbocycles. The van der Waals surface area contributed by atoms with E-state index in [2.05, 4.69) is 26.1 Å². The molecule has 0 spiro atoms. The van der Waals surface area contributed by atoms with Crippen LogP contribution >= 0.6 is 15.9 Å². The van der Waals surface area contributed by atoms with Gasteiger partial charge in [0.1, 0.15) is 6.42 Å². The number of hydrogen-bond acceptors (Lipinski definition) is 4. The molecule has 2 aromatic rings. The molecule has 0 amide bonds. The molecule has 88 valence electrons. The van der Waals surface area contributed by atoms with Crippen LogP contribution in [0.3, 0.4) is 0 Å². The van der Waals surface area contributed by atoms with E-state index in [1.807, 2.05) is 24.3 Å². The van der Waals surface area contributed by atoms with E-state index in [0.717, 1.165) is 10.0 Å². The van der Waals surface area contributed by atoms with Crippen molar-refractivity contribution >= 4 is 21.9 Å². The van der Waals surface area contributed by atoms with Gasteiger partial charge in [-0.2, -0.15) is 4.98 Å². The Balaban J connectivity index is 2.12. The summed E-state index contributed by atoms with van der Waals surface area (Å²) in [6.45, 7) is 0. The summed E-state index contributed by atoms with van der Waals surface area (Å²) in [6, 6.07) is 7.68. The topological polar surface area (TPSA) is 76.2 Å². The molecule has 1 aromatic heterocycles. The molecule has 6 heteroatoms. The maximum Gasteiger partial charge on any atom is 0.311 e. The summed E-state index contributed by atoms with van der Waals surface area (Å²) >= 11 is 3.42. The molecule has 0 aliphatic heterocycles. The second-order valence-electron chi connectivity index (χ2n) is 3.44. The number of hydrogen-bond donors (Lipinski definition) is 1. The number of rotatable bonds is 4.